The number of likely N-dealkylation sites (N-methyl/N-ethyl adjacent to an activating group) is 1. The Hall–Kier alpha value is -1.63. The largest absolute Gasteiger partial charge is 0.344 e. The van der Waals surface area contributed by atoms with Crippen LogP contribution in [-0.4, -0.2) is 51.2 Å². The number of likely N-dealkylation sites (tertiary alicyclic amines) is 1. The quantitative estimate of drug-likeness (QED) is 0.802. The van der Waals surface area contributed by atoms with E-state index in [1.807, 2.05) is 30.6 Å². The second kappa shape index (κ2) is 4.43. The van der Waals surface area contributed by atoms with Crippen LogP contribution >= 0.6 is 11.3 Å². The van der Waals surface area contributed by atoms with Gasteiger partial charge in [0.25, 0.3) is 0 Å². The van der Waals surface area contributed by atoms with Crippen molar-refractivity contribution in [3.8, 4) is 0 Å². The summed E-state index contributed by atoms with van der Waals surface area (Å²) >= 11 is 1.71. The number of carbonyl (C=O) groups excluding carboxylic acids is 1. The second-order valence-corrected chi connectivity index (χ2v) is 7.11. The predicted octanol–water partition coefficient (Wildman–Crippen LogP) is 1.54. The smallest absolute Gasteiger partial charge is 0.224 e. The molecular formula is C14H19N5OS. The van der Waals surface area contributed by atoms with Crippen molar-refractivity contribution in [2.24, 2.45) is 7.05 Å². The Labute approximate surface area is 127 Å². The van der Waals surface area contributed by atoms with Crippen molar-refractivity contribution in [1.29, 1.82) is 0 Å². The first kappa shape index (κ1) is 13.1. The van der Waals surface area contributed by atoms with Crippen molar-refractivity contribution in [3.05, 3.63) is 5.69 Å². The molecule has 0 radical (unpaired) electrons. The number of anilines is 1. The van der Waals surface area contributed by atoms with E-state index in [0.29, 0.717) is 18.5 Å². The van der Waals surface area contributed by atoms with E-state index < -0.39 is 0 Å². The van der Waals surface area contributed by atoms with Crippen molar-refractivity contribution in [2.45, 2.75) is 38.3 Å². The van der Waals surface area contributed by atoms with Crippen LogP contribution in [-0.2, 0) is 11.8 Å². The van der Waals surface area contributed by atoms with E-state index in [4.69, 9.17) is 4.98 Å². The van der Waals surface area contributed by atoms with Crippen molar-refractivity contribution in [3.63, 3.8) is 0 Å². The van der Waals surface area contributed by atoms with Crippen LogP contribution < -0.4 is 4.90 Å². The van der Waals surface area contributed by atoms with Crippen LogP contribution in [0.5, 0.6) is 0 Å². The van der Waals surface area contributed by atoms with E-state index in [2.05, 4.69) is 10.00 Å². The highest BCUT2D eigenvalue weighted by Crippen LogP contribution is 2.39. The lowest BCUT2D eigenvalue weighted by Gasteiger charge is -2.27. The fourth-order valence-corrected chi connectivity index (χ4v) is 4.79. The van der Waals surface area contributed by atoms with E-state index in [1.54, 1.807) is 11.3 Å². The number of fused-ring (bicyclic) bond motifs is 3. The zero-order valence-electron chi connectivity index (χ0n) is 12.5. The summed E-state index contributed by atoms with van der Waals surface area (Å²) in [5, 5.41) is 5.47. The minimum absolute atomic E-state index is 0.256. The van der Waals surface area contributed by atoms with E-state index in [9.17, 15) is 4.79 Å². The van der Waals surface area contributed by atoms with Gasteiger partial charge in [-0.05, 0) is 19.8 Å². The van der Waals surface area contributed by atoms with Crippen LogP contribution in [0.1, 0.15) is 25.0 Å². The minimum atomic E-state index is 0.256. The molecule has 4 heterocycles. The van der Waals surface area contributed by atoms with Crippen LogP contribution in [0.25, 0.3) is 10.3 Å². The summed E-state index contributed by atoms with van der Waals surface area (Å²) in [4.78, 5) is 21.2. The second-order valence-electron chi connectivity index (χ2n) is 6.13. The maximum Gasteiger partial charge on any atom is 0.224 e. The Bertz CT molecular complexity index is 686. The first-order valence-corrected chi connectivity index (χ1v) is 8.18. The molecule has 0 spiro atoms. The molecule has 112 valence electrons. The summed E-state index contributed by atoms with van der Waals surface area (Å²) in [6.45, 7) is 2.83. The summed E-state index contributed by atoms with van der Waals surface area (Å²) in [7, 11) is 3.85. The lowest BCUT2D eigenvalue weighted by molar-refractivity contribution is -0.129. The van der Waals surface area contributed by atoms with Gasteiger partial charge in [-0.25, -0.2) is 9.67 Å². The molecule has 7 heteroatoms. The van der Waals surface area contributed by atoms with Crippen LogP contribution in [0.15, 0.2) is 0 Å². The summed E-state index contributed by atoms with van der Waals surface area (Å²) in [5.41, 5.74) is 1.99. The summed E-state index contributed by atoms with van der Waals surface area (Å²) in [5.74, 6) is 0.256. The molecule has 0 N–H and O–H groups in total. The molecule has 4 rings (SSSR count). The molecule has 2 bridgehead atoms. The molecule has 0 aromatic carbocycles. The topological polar surface area (TPSA) is 54.3 Å². The number of nitrogens with zero attached hydrogens (tertiary/aromatic N) is 5. The SMILES string of the molecule is Cc1nn(C)c2nc(N3C4CCC3CN(C)C(=O)C4)sc12. The van der Waals surface area contributed by atoms with Crippen molar-refractivity contribution in [2.75, 3.05) is 18.5 Å². The summed E-state index contributed by atoms with van der Waals surface area (Å²) in [6.07, 6.45) is 2.85. The maximum absolute atomic E-state index is 12.1. The van der Waals surface area contributed by atoms with Gasteiger partial charge < -0.3 is 9.80 Å². The van der Waals surface area contributed by atoms with Crippen LogP contribution in [0.3, 0.4) is 0 Å². The monoisotopic (exact) mass is 305 g/mol. The van der Waals surface area contributed by atoms with Crippen LogP contribution in [0.4, 0.5) is 5.13 Å². The molecule has 0 aliphatic carbocycles. The Morgan fingerprint density at radius 1 is 1.24 bits per heavy atom. The predicted molar refractivity (Wildman–Crippen MR) is 82.7 cm³/mol. The molecule has 6 nitrogen and oxygen atoms in total. The molecule has 2 unspecified atom stereocenters. The Balaban J connectivity index is 1.77. The number of rotatable bonds is 1. The number of aryl methyl sites for hydroxylation is 2. The number of hydrogen-bond acceptors (Lipinski definition) is 5. The highest BCUT2D eigenvalue weighted by atomic mass is 32.1. The molecule has 2 aliphatic rings. The van der Waals surface area contributed by atoms with Gasteiger partial charge in [-0.15, -0.1) is 0 Å². The molecule has 2 aromatic rings. The van der Waals surface area contributed by atoms with Gasteiger partial charge in [0.15, 0.2) is 10.8 Å². The van der Waals surface area contributed by atoms with Gasteiger partial charge in [0.05, 0.1) is 10.4 Å². The number of thiazole rings is 1. The molecule has 2 atom stereocenters. The molecule has 2 aromatic heterocycles. The molecule has 2 aliphatic heterocycles. The van der Waals surface area contributed by atoms with Gasteiger partial charge in [-0.2, -0.15) is 5.10 Å². The number of hydrogen-bond donors (Lipinski definition) is 0. The summed E-state index contributed by atoms with van der Waals surface area (Å²) in [6, 6.07) is 0.710. The van der Waals surface area contributed by atoms with E-state index in [0.717, 1.165) is 40.6 Å². The molecule has 21 heavy (non-hydrogen) atoms. The normalized spacial score (nSPS) is 26.0. The summed E-state index contributed by atoms with van der Waals surface area (Å²) < 4.78 is 3.01. The lowest BCUT2D eigenvalue weighted by Crippen LogP contribution is -2.38. The molecule has 0 saturated carbocycles. The third kappa shape index (κ3) is 1.87. The van der Waals surface area contributed by atoms with E-state index >= 15 is 0 Å². The molecule has 2 fully saturated rings. The van der Waals surface area contributed by atoms with E-state index in [-0.39, 0.29) is 5.91 Å². The van der Waals surface area contributed by atoms with Crippen molar-refractivity contribution in [1.82, 2.24) is 19.7 Å². The fraction of sp³-hybridized carbons (Fsp3) is 0.643. The highest BCUT2D eigenvalue weighted by Gasteiger charge is 2.40. The Morgan fingerprint density at radius 3 is 2.76 bits per heavy atom. The average Bonchev–Trinajstić information content (AvgIpc) is 3.05. The maximum atomic E-state index is 12.1. The lowest BCUT2D eigenvalue weighted by atomic mass is 10.1. The number of aromatic nitrogens is 3. The van der Waals surface area contributed by atoms with Crippen LogP contribution in [0, 0.1) is 6.92 Å². The number of amides is 1. The number of carbonyl (C=O) groups is 1. The van der Waals surface area contributed by atoms with Gasteiger partial charge in [0.2, 0.25) is 5.91 Å². The fourth-order valence-electron chi connectivity index (χ4n) is 3.61. The highest BCUT2D eigenvalue weighted by molar-refractivity contribution is 7.22. The van der Waals surface area contributed by atoms with Gasteiger partial charge in [-0.3, -0.25) is 4.79 Å². The zero-order valence-corrected chi connectivity index (χ0v) is 13.4. The molecule has 1 amide bonds. The van der Waals surface area contributed by atoms with Crippen molar-refractivity contribution < 1.29 is 4.79 Å². The Kier molecular flexibility index (Phi) is 2.76. The third-order valence-electron chi connectivity index (χ3n) is 4.69. The van der Waals surface area contributed by atoms with E-state index in [1.165, 1.54) is 0 Å². The third-order valence-corrected chi connectivity index (χ3v) is 5.86. The molecule has 2 saturated heterocycles. The standard InChI is InChI=1S/C14H19N5OS/c1-8-12-13(18(3)16-8)15-14(21-12)19-9-4-5-10(19)7-17(2)11(20)6-9/h9-10H,4-7H2,1-3H3. The van der Waals surface area contributed by atoms with Gasteiger partial charge in [0, 0.05) is 39.1 Å². The zero-order chi connectivity index (χ0) is 14.7. The average molecular weight is 305 g/mol. The minimum Gasteiger partial charge on any atom is -0.344 e. The Morgan fingerprint density at radius 2 is 2.00 bits per heavy atom. The van der Waals surface area contributed by atoms with Crippen LogP contribution in [0.2, 0.25) is 0 Å². The first-order valence-electron chi connectivity index (χ1n) is 7.37. The van der Waals surface area contributed by atoms with Gasteiger partial charge in [-0.1, -0.05) is 11.3 Å². The first-order chi connectivity index (χ1) is 10.0. The van der Waals surface area contributed by atoms with Crippen molar-refractivity contribution >= 4 is 32.7 Å². The van der Waals surface area contributed by atoms with Gasteiger partial charge in [0.1, 0.15) is 0 Å². The van der Waals surface area contributed by atoms with Gasteiger partial charge >= 0.3 is 0 Å². The molecular weight excluding hydrogens is 286 g/mol.